The average Bonchev–Trinajstić information content (AvgIpc) is 2.77. The van der Waals surface area contributed by atoms with E-state index < -0.39 is 6.04 Å². The number of para-hydroxylation sites is 2. The maximum atomic E-state index is 12.8. The molecule has 5 heteroatoms. The van der Waals surface area contributed by atoms with Crippen LogP contribution in [-0.2, 0) is 9.59 Å². The highest BCUT2D eigenvalue weighted by Gasteiger charge is 2.40. The molecule has 1 atom stereocenters. The predicted molar refractivity (Wildman–Crippen MR) is 94.6 cm³/mol. The fourth-order valence-corrected chi connectivity index (χ4v) is 3.30. The molecule has 0 saturated carbocycles. The maximum absolute atomic E-state index is 12.8. The Balaban J connectivity index is 1.90. The number of nitrogens with one attached hydrogen (secondary N) is 1. The van der Waals surface area contributed by atoms with Gasteiger partial charge in [-0.05, 0) is 53.0 Å². The van der Waals surface area contributed by atoms with E-state index in [1.165, 1.54) is 4.90 Å². The quantitative estimate of drug-likeness (QED) is 0.833. The lowest BCUT2D eigenvalue weighted by Gasteiger charge is -2.20. The number of hydrogen-bond acceptors (Lipinski definition) is 3. The zero-order chi connectivity index (χ0) is 16.6. The summed E-state index contributed by atoms with van der Waals surface area (Å²) in [6.45, 7) is 3.83. The molecule has 2 amide bonds. The minimum Gasteiger partial charge on any atom is -0.372 e. The number of aryl methyl sites for hydroxylation is 2. The van der Waals surface area contributed by atoms with Gasteiger partial charge in [0.25, 0.3) is 5.91 Å². The van der Waals surface area contributed by atoms with E-state index in [4.69, 9.17) is 0 Å². The Morgan fingerprint density at radius 2 is 1.70 bits per heavy atom. The summed E-state index contributed by atoms with van der Waals surface area (Å²) in [5.74, 6) is -0.375. The number of anilines is 2. The second-order valence-electron chi connectivity index (χ2n) is 5.69. The van der Waals surface area contributed by atoms with Crippen molar-refractivity contribution in [2.75, 3.05) is 10.2 Å². The van der Waals surface area contributed by atoms with Gasteiger partial charge < -0.3 is 5.32 Å². The number of halogens is 1. The molecule has 1 N–H and O–H groups in total. The number of carbonyl (C=O) groups excluding carboxylic acids is 2. The van der Waals surface area contributed by atoms with Crippen molar-refractivity contribution in [3.05, 3.63) is 58.1 Å². The Labute approximate surface area is 143 Å². The first kappa shape index (κ1) is 15.7. The van der Waals surface area contributed by atoms with Gasteiger partial charge in [-0.2, -0.15) is 0 Å². The topological polar surface area (TPSA) is 49.4 Å². The summed E-state index contributed by atoms with van der Waals surface area (Å²) in [6.07, 6.45) is 0.161. The van der Waals surface area contributed by atoms with Crippen molar-refractivity contribution < 1.29 is 9.59 Å². The SMILES string of the molecule is Cc1cccc(C)c1N1C(=O)C[C@H](Nc2ccccc2Br)C1=O. The third-order valence-electron chi connectivity index (χ3n) is 4.01. The van der Waals surface area contributed by atoms with Crippen molar-refractivity contribution in [3.8, 4) is 0 Å². The van der Waals surface area contributed by atoms with E-state index in [1.54, 1.807) is 0 Å². The lowest BCUT2D eigenvalue weighted by molar-refractivity contribution is -0.121. The molecule has 1 heterocycles. The summed E-state index contributed by atoms with van der Waals surface area (Å²) in [5.41, 5.74) is 3.36. The van der Waals surface area contributed by atoms with Gasteiger partial charge in [0, 0.05) is 10.2 Å². The zero-order valence-corrected chi connectivity index (χ0v) is 14.6. The molecule has 0 aliphatic carbocycles. The van der Waals surface area contributed by atoms with E-state index in [0.29, 0.717) is 5.69 Å². The van der Waals surface area contributed by atoms with Crippen molar-refractivity contribution in [3.63, 3.8) is 0 Å². The molecule has 1 aliphatic heterocycles. The molecule has 1 aliphatic rings. The molecule has 3 rings (SSSR count). The van der Waals surface area contributed by atoms with Gasteiger partial charge in [-0.25, -0.2) is 4.90 Å². The summed E-state index contributed by atoms with van der Waals surface area (Å²) in [7, 11) is 0. The number of hydrogen-bond donors (Lipinski definition) is 1. The summed E-state index contributed by atoms with van der Waals surface area (Å²) >= 11 is 3.45. The van der Waals surface area contributed by atoms with Crippen LogP contribution in [0.25, 0.3) is 0 Å². The van der Waals surface area contributed by atoms with Crippen molar-refractivity contribution in [1.82, 2.24) is 0 Å². The first-order valence-electron chi connectivity index (χ1n) is 7.43. The normalized spacial score (nSPS) is 17.7. The molecule has 2 aromatic carbocycles. The van der Waals surface area contributed by atoms with Crippen molar-refractivity contribution in [2.45, 2.75) is 26.3 Å². The Hall–Kier alpha value is -2.14. The molecule has 23 heavy (non-hydrogen) atoms. The Bertz CT molecular complexity index is 768. The van der Waals surface area contributed by atoms with Crippen molar-refractivity contribution in [2.24, 2.45) is 0 Å². The molecule has 0 unspecified atom stereocenters. The Morgan fingerprint density at radius 1 is 1.04 bits per heavy atom. The van der Waals surface area contributed by atoms with Gasteiger partial charge >= 0.3 is 0 Å². The number of benzene rings is 2. The van der Waals surface area contributed by atoms with Gasteiger partial charge in [0.15, 0.2) is 0 Å². The number of rotatable bonds is 3. The number of nitrogens with zero attached hydrogens (tertiary/aromatic N) is 1. The third-order valence-corrected chi connectivity index (χ3v) is 4.70. The number of amides is 2. The van der Waals surface area contributed by atoms with Crippen LogP contribution >= 0.6 is 15.9 Å². The molecule has 0 spiro atoms. The highest BCUT2D eigenvalue weighted by atomic mass is 79.9. The van der Waals surface area contributed by atoms with Crippen LogP contribution in [0.15, 0.2) is 46.9 Å². The second-order valence-corrected chi connectivity index (χ2v) is 6.54. The third kappa shape index (κ3) is 2.88. The first-order valence-corrected chi connectivity index (χ1v) is 8.22. The molecule has 1 fully saturated rings. The highest BCUT2D eigenvalue weighted by Crippen LogP contribution is 2.31. The van der Waals surface area contributed by atoms with Crippen LogP contribution in [0.5, 0.6) is 0 Å². The van der Waals surface area contributed by atoms with Crippen molar-refractivity contribution in [1.29, 1.82) is 0 Å². The van der Waals surface area contributed by atoms with Crippen LogP contribution in [-0.4, -0.2) is 17.9 Å². The fraction of sp³-hybridized carbons (Fsp3) is 0.222. The molecular formula is C18H17BrN2O2. The molecular weight excluding hydrogens is 356 g/mol. The molecule has 1 saturated heterocycles. The van der Waals surface area contributed by atoms with Gasteiger partial charge in [0.05, 0.1) is 12.1 Å². The summed E-state index contributed by atoms with van der Waals surface area (Å²) in [6, 6.07) is 12.8. The van der Waals surface area contributed by atoms with E-state index in [9.17, 15) is 9.59 Å². The average molecular weight is 373 g/mol. The Kier molecular flexibility index (Phi) is 4.22. The predicted octanol–water partition coefficient (Wildman–Crippen LogP) is 3.81. The molecule has 118 valence electrons. The summed E-state index contributed by atoms with van der Waals surface area (Å²) < 4.78 is 0.866. The summed E-state index contributed by atoms with van der Waals surface area (Å²) in [4.78, 5) is 26.5. The van der Waals surface area contributed by atoms with Gasteiger partial charge in [0.1, 0.15) is 6.04 Å². The largest absolute Gasteiger partial charge is 0.372 e. The minimum atomic E-state index is -0.541. The van der Waals surface area contributed by atoms with Crippen LogP contribution < -0.4 is 10.2 Å². The fourth-order valence-electron chi connectivity index (χ4n) is 2.90. The maximum Gasteiger partial charge on any atom is 0.256 e. The molecule has 0 aromatic heterocycles. The molecule has 2 aromatic rings. The lowest BCUT2D eigenvalue weighted by Crippen LogP contribution is -2.35. The highest BCUT2D eigenvalue weighted by molar-refractivity contribution is 9.10. The second kappa shape index (κ2) is 6.16. The molecule has 0 bridgehead atoms. The van der Waals surface area contributed by atoms with E-state index in [2.05, 4.69) is 21.2 Å². The van der Waals surface area contributed by atoms with Crippen LogP contribution in [0.1, 0.15) is 17.5 Å². The number of carbonyl (C=O) groups is 2. The van der Waals surface area contributed by atoms with Crippen LogP contribution in [0.4, 0.5) is 11.4 Å². The number of imide groups is 1. The van der Waals surface area contributed by atoms with Gasteiger partial charge in [-0.15, -0.1) is 0 Å². The minimum absolute atomic E-state index is 0.161. The van der Waals surface area contributed by atoms with Crippen LogP contribution in [0.3, 0.4) is 0 Å². The first-order chi connectivity index (χ1) is 11.0. The monoisotopic (exact) mass is 372 g/mol. The van der Waals surface area contributed by atoms with E-state index >= 15 is 0 Å². The van der Waals surface area contributed by atoms with Gasteiger partial charge in [-0.1, -0.05) is 30.3 Å². The smallest absolute Gasteiger partial charge is 0.256 e. The standard InChI is InChI=1S/C18H17BrN2O2/c1-11-6-5-7-12(2)17(11)21-16(22)10-15(18(21)23)20-14-9-4-3-8-13(14)19/h3-9,15,20H,10H2,1-2H3/t15-/m0/s1. The van der Waals surface area contributed by atoms with Crippen LogP contribution in [0, 0.1) is 13.8 Å². The zero-order valence-electron chi connectivity index (χ0n) is 13.0. The van der Waals surface area contributed by atoms with E-state index in [-0.39, 0.29) is 18.2 Å². The lowest BCUT2D eigenvalue weighted by atomic mass is 10.1. The molecule has 4 nitrogen and oxygen atoms in total. The van der Waals surface area contributed by atoms with E-state index in [0.717, 1.165) is 21.3 Å². The van der Waals surface area contributed by atoms with Crippen molar-refractivity contribution >= 4 is 39.1 Å². The van der Waals surface area contributed by atoms with Gasteiger partial charge in [-0.3, -0.25) is 9.59 Å². The van der Waals surface area contributed by atoms with E-state index in [1.807, 2.05) is 56.3 Å². The Morgan fingerprint density at radius 3 is 2.35 bits per heavy atom. The van der Waals surface area contributed by atoms with Crippen LogP contribution in [0.2, 0.25) is 0 Å². The molecule has 0 radical (unpaired) electrons. The summed E-state index contributed by atoms with van der Waals surface area (Å²) in [5, 5.41) is 3.17. The van der Waals surface area contributed by atoms with Gasteiger partial charge in [0.2, 0.25) is 5.91 Å².